The number of aryl methyl sites for hydroxylation is 1. The fourth-order valence-electron chi connectivity index (χ4n) is 2.78. The molecule has 1 N–H and O–H groups in total. The van der Waals surface area contributed by atoms with Crippen LogP contribution in [0.5, 0.6) is 0 Å². The van der Waals surface area contributed by atoms with Crippen molar-refractivity contribution < 1.29 is 22.0 Å². The van der Waals surface area contributed by atoms with Crippen LogP contribution in [0.3, 0.4) is 0 Å². The Bertz CT molecular complexity index is 1070. The van der Waals surface area contributed by atoms with Gasteiger partial charge in [0.25, 0.3) is 12.0 Å². The van der Waals surface area contributed by atoms with Gasteiger partial charge < -0.3 is 4.98 Å². The van der Waals surface area contributed by atoms with Gasteiger partial charge in [-0.3, -0.25) is 4.79 Å². The summed E-state index contributed by atoms with van der Waals surface area (Å²) in [6, 6.07) is 1.89. The van der Waals surface area contributed by atoms with Crippen LogP contribution in [0.1, 0.15) is 42.0 Å². The molecule has 0 spiro atoms. The first-order valence-electron chi connectivity index (χ1n) is 7.64. The third kappa shape index (κ3) is 3.41. The van der Waals surface area contributed by atoms with Gasteiger partial charge >= 0.3 is 6.18 Å². The van der Waals surface area contributed by atoms with Crippen LogP contribution in [0, 0.1) is 6.92 Å². The van der Waals surface area contributed by atoms with E-state index >= 15 is 0 Å². The molecule has 0 aliphatic heterocycles. The number of aromatic amines is 1. The molecule has 0 radical (unpaired) electrons. The summed E-state index contributed by atoms with van der Waals surface area (Å²) in [4.78, 5) is 18.5. The minimum absolute atomic E-state index is 0.102. The van der Waals surface area contributed by atoms with Crippen LogP contribution in [0.4, 0.5) is 22.0 Å². The van der Waals surface area contributed by atoms with E-state index in [-0.39, 0.29) is 27.4 Å². The lowest BCUT2D eigenvalue weighted by molar-refractivity contribution is -0.137. The van der Waals surface area contributed by atoms with Gasteiger partial charge in [-0.15, -0.1) is 0 Å². The Labute approximate surface area is 153 Å². The van der Waals surface area contributed by atoms with Gasteiger partial charge in [0.2, 0.25) is 0 Å². The number of hydrogen-bond donors (Lipinski definition) is 1. The highest BCUT2D eigenvalue weighted by molar-refractivity contribution is 6.31. The summed E-state index contributed by atoms with van der Waals surface area (Å²) in [6.07, 6.45) is -7.60. The van der Waals surface area contributed by atoms with Crippen LogP contribution < -0.4 is 5.56 Å². The van der Waals surface area contributed by atoms with E-state index in [9.17, 15) is 26.7 Å². The molecule has 0 saturated carbocycles. The van der Waals surface area contributed by atoms with Crippen molar-refractivity contribution in [1.82, 2.24) is 19.7 Å². The van der Waals surface area contributed by atoms with E-state index in [0.29, 0.717) is 0 Å². The maximum Gasteiger partial charge on any atom is 0.416 e. The number of H-pyrrole nitrogens is 1. The Morgan fingerprint density at radius 2 is 1.93 bits per heavy atom. The molecule has 27 heavy (non-hydrogen) atoms. The Kier molecular flexibility index (Phi) is 4.71. The van der Waals surface area contributed by atoms with E-state index < -0.39 is 35.5 Å². The van der Waals surface area contributed by atoms with Crippen molar-refractivity contribution >= 4 is 22.6 Å². The number of nitrogens with zero attached hydrogens (tertiary/aromatic N) is 3. The van der Waals surface area contributed by atoms with Crippen LogP contribution in [0.15, 0.2) is 23.0 Å². The number of aromatic nitrogens is 4. The van der Waals surface area contributed by atoms with E-state index in [1.54, 1.807) is 0 Å². The van der Waals surface area contributed by atoms with Gasteiger partial charge in [0.1, 0.15) is 16.9 Å². The zero-order valence-corrected chi connectivity index (χ0v) is 14.7. The largest absolute Gasteiger partial charge is 0.416 e. The van der Waals surface area contributed by atoms with Crippen LogP contribution in [0.25, 0.3) is 11.0 Å². The summed E-state index contributed by atoms with van der Waals surface area (Å²) in [6.45, 7) is 2.98. The molecule has 0 bridgehead atoms. The van der Waals surface area contributed by atoms with Crippen molar-refractivity contribution in [1.29, 1.82) is 0 Å². The summed E-state index contributed by atoms with van der Waals surface area (Å²) in [5, 5.41) is 3.21. The lowest BCUT2D eigenvalue weighted by Gasteiger charge is -2.16. The lowest BCUT2D eigenvalue weighted by Crippen LogP contribution is -2.14. The Hall–Kier alpha value is -2.49. The maximum atomic E-state index is 13.3. The molecule has 3 aromatic rings. The Balaban J connectivity index is 2.20. The van der Waals surface area contributed by atoms with E-state index in [4.69, 9.17) is 11.6 Å². The molecule has 0 amide bonds. The molecular formula is C16H12ClF5N4O. The zero-order chi connectivity index (χ0) is 20.1. The van der Waals surface area contributed by atoms with Gasteiger partial charge in [0.15, 0.2) is 5.65 Å². The van der Waals surface area contributed by atoms with Crippen LogP contribution >= 0.6 is 11.6 Å². The number of benzene rings is 1. The summed E-state index contributed by atoms with van der Waals surface area (Å²) in [5.41, 5.74) is -2.35. The van der Waals surface area contributed by atoms with Gasteiger partial charge in [-0.1, -0.05) is 17.7 Å². The summed E-state index contributed by atoms with van der Waals surface area (Å²) in [7, 11) is 0. The first-order valence-corrected chi connectivity index (χ1v) is 8.02. The van der Waals surface area contributed by atoms with Crippen LogP contribution in [-0.2, 0) is 6.18 Å². The molecule has 0 unspecified atom stereocenters. The molecule has 0 aliphatic rings. The van der Waals surface area contributed by atoms with Crippen molar-refractivity contribution in [3.05, 3.63) is 56.2 Å². The minimum Gasteiger partial charge on any atom is -0.310 e. The molecule has 0 saturated heterocycles. The standard InChI is InChI=1S/C16H12ClF5N4O/c1-6(9-4-3-8(5-10(9)17)16(20,21)22)26-14-11(12(25-26)13(18)19)15(27)24-7(2)23-14/h3-6,13H,1-2H3,(H,23,24,27)/t6-/m0/s1. The second kappa shape index (κ2) is 6.59. The average Bonchev–Trinajstić information content (AvgIpc) is 2.93. The van der Waals surface area contributed by atoms with Crippen LogP contribution in [-0.4, -0.2) is 19.7 Å². The normalized spacial score (nSPS) is 13.5. The van der Waals surface area contributed by atoms with E-state index in [1.807, 2.05) is 0 Å². The SMILES string of the molecule is Cc1nc2c(c(C(F)F)nn2[C@@H](C)c2ccc(C(F)(F)F)cc2Cl)c(=O)[nH]1. The molecule has 2 aromatic heterocycles. The minimum atomic E-state index is -4.57. The number of nitrogens with one attached hydrogen (secondary N) is 1. The molecule has 11 heteroatoms. The lowest BCUT2D eigenvalue weighted by atomic mass is 10.1. The molecule has 0 aliphatic carbocycles. The van der Waals surface area contributed by atoms with Crippen LogP contribution in [0.2, 0.25) is 5.02 Å². The second-order valence-electron chi connectivity index (χ2n) is 5.89. The number of alkyl halides is 5. The van der Waals surface area contributed by atoms with Gasteiger partial charge in [-0.25, -0.2) is 18.4 Å². The van der Waals surface area contributed by atoms with Gasteiger partial charge in [-0.2, -0.15) is 18.3 Å². The molecular weight excluding hydrogens is 395 g/mol. The third-order valence-electron chi connectivity index (χ3n) is 4.06. The van der Waals surface area contributed by atoms with Crippen molar-refractivity contribution in [3.8, 4) is 0 Å². The fourth-order valence-corrected chi connectivity index (χ4v) is 3.12. The average molecular weight is 407 g/mol. The van der Waals surface area contributed by atoms with Crippen molar-refractivity contribution in [3.63, 3.8) is 0 Å². The molecule has 2 heterocycles. The summed E-state index contributed by atoms with van der Waals surface area (Å²) in [5.74, 6) is 0.181. The molecule has 144 valence electrons. The smallest absolute Gasteiger partial charge is 0.310 e. The molecule has 0 fully saturated rings. The second-order valence-corrected chi connectivity index (χ2v) is 6.30. The van der Waals surface area contributed by atoms with Crippen molar-refractivity contribution in [2.45, 2.75) is 32.5 Å². The first-order chi connectivity index (χ1) is 12.5. The Morgan fingerprint density at radius 3 is 2.48 bits per heavy atom. The maximum absolute atomic E-state index is 13.3. The highest BCUT2D eigenvalue weighted by Gasteiger charge is 2.32. The van der Waals surface area contributed by atoms with Crippen molar-refractivity contribution in [2.24, 2.45) is 0 Å². The molecule has 5 nitrogen and oxygen atoms in total. The topological polar surface area (TPSA) is 63.6 Å². The number of fused-ring (bicyclic) bond motifs is 1. The van der Waals surface area contributed by atoms with Gasteiger partial charge in [0.05, 0.1) is 11.6 Å². The highest BCUT2D eigenvalue weighted by Crippen LogP contribution is 2.35. The highest BCUT2D eigenvalue weighted by atomic mass is 35.5. The zero-order valence-electron chi connectivity index (χ0n) is 13.9. The van der Waals surface area contributed by atoms with E-state index in [1.165, 1.54) is 13.8 Å². The monoisotopic (exact) mass is 406 g/mol. The molecule has 1 atom stereocenters. The summed E-state index contributed by atoms with van der Waals surface area (Å²) >= 11 is 5.99. The van der Waals surface area contributed by atoms with Crippen molar-refractivity contribution in [2.75, 3.05) is 0 Å². The molecule has 3 rings (SSSR count). The quantitative estimate of drug-likeness (QED) is 0.644. The molecule has 1 aromatic carbocycles. The van der Waals surface area contributed by atoms with Gasteiger partial charge in [0, 0.05) is 5.02 Å². The summed E-state index contributed by atoms with van der Waals surface area (Å²) < 4.78 is 66.1. The first kappa shape index (κ1) is 19.3. The number of halogens is 6. The van der Waals surface area contributed by atoms with E-state index in [0.717, 1.165) is 22.9 Å². The Morgan fingerprint density at radius 1 is 1.26 bits per heavy atom. The van der Waals surface area contributed by atoms with E-state index in [2.05, 4.69) is 15.1 Å². The number of hydrogen-bond acceptors (Lipinski definition) is 3. The van der Waals surface area contributed by atoms with Gasteiger partial charge in [-0.05, 0) is 31.5 Å². The number of rotatable bonds is 3. The third-order valence-corrected chi connectivity index (χ3v) is 4.39. The predicted octanol–water partition coefficient (Wildman–Crippen LogP) is 4.65. The fraction of sp³-hybridized carbons (Fsp3) is 0.312. The predicted molar refractivity (Wildman–Crippen MR) is 88.1 cm³/mol.